The number of benzene rings is 1. The molecule has 0 unspecified atom stereocenters. The van der Waals surface area contributed by atoms with Crippen molar-refractivity contribution in [2.45, 2.75) is 39.9 Å². The summed E-state index contributed by atoms with van der Waals surface area (Å²) in [5.41, 5.74) is 3.13. The van der Waals surface area contributed by atoms with Crippen LogP contribution < -0.4 is 5.32 Å². The number of nitrogens with one attached hydrogen (secondary N) is 1. The number of hydrogen-bond donors (Lipinski definition) is 1. The lowest BCUT2D eigenvalue weighted by atomic mass is 10.1. The summed E-state index contributed by atoms with van der Waals surface area (Å²) in [6, 6.07) is 15.3. The highest BCUT2D eigenvalue weighted by molar-refractivity contribution is 7.09. The summed E-state index contributed by atoms with van der Waals surface area (Å²) in [5, 5.41) is 5.41. The van der Waals surface area contributed by atoms with Crippen molar-refractivity contribution in [3.63, 3.8) is 0 Å². The van der Waals surface area contributed by atoms with Crippen molar-refractivity contribution in [1.82, 2.24) is 19.8 Å². The highest BCUT2D eigenvalue weighted by Gasteiger charge is 2.19. The van der Waals surface area contributed by atoms with Crippen LogP contribution in [0.15, 0.2) is 70.8 Å². The molecule has 0 fully saturated rings. The largest absolute Gasteiger partial charge is 0.467 e. The molecule has 1 N–H and O–H groups in total. The maximum atomic E-state index is 13.2. The lowest BCUT2D eigenvalue weighted by Crippen LogP contribution is -2.32. The quantitative estimate of drug-likeness (QED) is 0.354. The van der Waals surface area contributed by atoms with Crippen molar-refractivity contribution in [3.8, 4) is 0 Å². The van der Waals surface area contributed by atoms with E-state index in [-0.39, 0.29) is 11.8 Å². The van der Waals surface area contributed by atoms with Gasteiger partial charge in [-0.2, -0.15) is 0 Å². The first-order valence-electron chi connectivity index (χ1n) is 11.3. The third-order valence-electron chi connectivity index (χ3n) is 5.53. The molecular weight excluding hydrogens is 448 g/mol. The molecule has 34 heavy (non-hydrogen) atoms. The van der Waals surface area contributed by atoms with Gasteiger partial charge in [-0.1, -0.05) is 25.1 Å². The Hall–Kier alpha value is -3.65. The molecule has 7 nitrogen and oxygen atoms in total. The fraction of sp³-hybridized carbons (Fsp3) is 0.269. The summed E-state index contributed by atoms with van der Waals surface area (Å²) >= 11 is 1.45. The molecule has 0 saturated heterocycles. The average molecular weight is 477 g/mol. The summed E-state index contributed by atoms with van der Waals surface area (Å²) < 4.78 is 7.33. The third-order valence-corrected chi connectivity index (χ3v) is 6.36. The van der Waals surface area contributed by atoms with Gasteiger partial charge in [0.2, 0.25) is 0 Å². The lowest BCUT2D eigenvalue weighted by molar-refractivity contribution is 0.0738. The molecule has 3 aromatic heterocycles. The van der Waals surface area contributed by atoms with E-state index in [0.29, 0.717) is 37.6 Å². The van der Waals surface area contributed by atoms with E-state index < -0.39 is 0 Å². The fourth-order valence-electron chi connectivity index (χ4n) is 3.75. The smallest absolute Gasteiger partial charge is 0.271 e. The highest BCUT2D eigenvalue weighted by atomic mass is 32.1. The van der Waals surface area contributed by atoms with Gasteiger partial charge in [0.05, 0.1) is 25.9 Å². The van der Waals surface area contributed by atoms with Gasteiger partial charge in [0.25, 0.3) is 11.8 Å². The zero-order valence-corrected chi connectivity index (χ0v) is 20.2. The van der Waals surface area contributed by atoms with E-state index in [9.17, 15) is 9.59 Å². The van der Waals surface area contributed by atoms with Crippen molar-refractivity contribution < 1.29 is 14.0 Å². The molecule has 0 aliphatic rings. The SMILES string of the molecule is CCCN(Cc1cccn1Cc1nc(C(=O)NCc2ccco2)cs1)C(=O)c1ccccc1C. The van der Waals surface area contributed by atoms with E-state index in [2.05, 4.69) is 21.8 Å². The van der Waals surface area contributed by atoms with E-state index >= 15 is 0 Å². The van der Waals surface area contributed by atoms with Crippen molar-refractivity contribution in [2.75, 3.05) is 6.54 Å². The first-order valence-corrected chi connectivity index (χ1v) is 12.2. The normalized spacial score (nSPS) is 10.9. The Morgan fingerprint density at radius 2 is 2.00 bits per heavy atom. The molecule has 0 spiro atoms. The molecule has 4 rings (SSSR count). The maximum absolute atomic E-state index is 13.2. The van der Waals surface area contributed by atoms with Gasteiger partial charge in [0, 0.05) is 29.4 Å². The van der Waals surface area contributed by atoms with Gasteiger partial charge in [-0.05, 0) is 49.2 Å². The molecule has 1 aromatic carbocycles. The van der Waals surface area contributed by atoms with Crippen LogP contribution in [-0.4, -0.2) is 32.8 Å². The number of aryl methyl sites for hydroxylation is 1. The van der Waals surface area contributed by atoms with Gasteiger partial charge in [-0.15, -0.1) is 11.3 Å². The van der Waals surface area contributed by atoms with Crippen LogP contribution in [-0.2, 0) is 19.6 Å². The van der Waals surface area contributed by atoms with Gasteiger partial charge >= 0.3 is 0 Å². The fourth-order valence-corrected chi connectivity index (χ4v) is 4.53. The zero-order valence-electron chi connectivity index (χ0n) is 19.4. The number of aromatic nitrogens is 2. The predicted molar refractivity (Wildman–Crippen MR) is 132 cm³/mol. The zero-order chi connectivity index (χ0) is 23.9. The molecular formula is C26H28N4O3S. The number of rotatable bonds is 10. The molecule has 2 amide bonds. The minimum atomic E-state index is -0.232. The Labute approximate surface area is 203 Å². The lowest BCUT2D eigenvalue weighted by Gasteiger charge is -2.24. The van der Waals surface area contributed by atoms with Crippen molar-refractivity contribution in [1.29, 1.82) is 0 Å². The first kappa shape index (κ1) is 23.5. The van der Waals surface area contributed by atoms with Crippen molar-refractivity contribution in [2.24, 2.45) is 0 Å². The second kappa shape index (κ2) is 11.0. The second-order valence-electron chi connectivity index (χ2n) is 8.06. The van der Waals surface area contributed by atoms with Gasteiger partial charge in [0.1, 0.15) is 16.5 Å². The number of thiazole rings is 1. The number of carbonyl (C=O) groups is 2. The summed E-state index contributed by atoms with van der Waals surface area (Å²) in [5.74, 6) is 0.500. The third kappa shape index (κ3) is 5.63. The monoisotopic (exact) mass is 476 g/mol. The van der Waals surface area contributed by atoms with E-state index in [1.807, 2.05) is 60.5 Å². The second-order valence-corrected chi connectivity index (χ2v) is 9.00. The molecule has 8 heteroatoms. The van der Waals surface area contributed by atoms with Crippen molar-refractivity contribution >= 4 is 23.2 Å². The van der Waals surface area contributed by atoms with E-state index in [1.165, 1.54) is 11.3 Å². The Morgan fingerprint density at radius 3 is 2.76 bits per heavy atom. The summed E-state index contributed by atoms with van der Waals surface area (Å²) in [4.78, 5) is 32.1. The van der Waals surface area contributed by atoms with Crippen LogP contribution in [0.25, 0.3) is 0 Å². The van der Waals surface area contributed by atoms with Crippen molar-refractivity contribution in [3.05, 3.63) is 99.7 Å². The Morgan fingerprint density at radius 1 is 1.15 bits per heavy atom. The Kier molecular flexibility index (Phi) is 7.59. The standard InChI is InChI=1S/C26H28N4O3S/c1-3-12-30(26(32)22-11-5-4-8-19(22)2)16-20-9-6-13-29(20)17-24-28-23(18-34-24)25(31)27-15-21-10-7-14-33-21/h4-11,13-14,18H,3,12,15-17H2,1-2H3,(H,27,31). The molecule has 4 aromatic rings. The molecule has 3 heterocycles. The van der Waals surface area contributed by atoms with Crippen LogP contribution in [0.5, 0.6) is 0 Å². The number of hydrogen-bond acceptors (Lipinski definition) is 5. The van der Waals surface area contributed by atoms with Crippen LogP contribution in [0.1, 0.15) is 56.2 Å². The van der Waals surface area contributed by atoms with Gasteiger partial charge in [-0.25, -0.2) is 4.98 Å². The predicted octanol–water partition coefficient (Wildman–Crippen LogP) is 4.88. The van der Waals surface area contributed by atoms with E-state index in [1.54, 1.807) is 17.7 Å². The van der Waals surface area contributed by atoms with Gasteiger partial charge in [0.15, 0.2) is 0 Å². The molecule has 0 saturated carbocycles. The van der Waals surface area contributed by atoms with Crippen LogP contribution in [0.2, 0.25) is 0 Å². The highest BCUT2D eigenvalue weighted by Crippen LogP contribution is 2.17. The molecule has 0 atom stereocenters. The number of furan rings is 1. The van der Waals surface area contributed by atoms with E-state index in [4.69, 9.17) is 4.42 Å². The number of carbonyl (C=O) groups excluding carboxylic acids is 2. The molecule has 0 bridgehead atoms. The number of nitrogens with zero attached hydrogens (tertiary/aromatic N) is 3. The van der Waals surface area contributed by atoms with Gasteiger partial charge < -0.3 is 19.2 Å². The summed E-state index contributed by atoms with van der Waals surface area (Å²) in [7, 11) is 0. The molecule has 0 aliphatic heterocycles. The van der Waals surface area contributed by atoms with E-state index in [0.717, 1.165) is 28.2 Å². The van der Waals surface area contributed by atoms with Gasteiger partial charge in [-0.3, -0.25) is 9.59 Å². The first-order chi connectivity index (χ1) is 16.5. The van der Waals surface area contributed by atoms with Crippen LogP contribution in [0.3, 0.4) is 0 Å². The minimum Gasteiger partial charge on any atom is -0.467 e. The average Bonchev–Trinajstić information content (AvgIpc) is 3.61. The van der Waals surface area contributed by atoms with Crippen LogP contribution >= 0.6 is 11.3 Å². The number of amides is 2. The summed E-state index contributed by atoms with van der Waals surface area (Å²) in [6.07, 6.45) is 4.43. The maximum Gasteiger partial charge on any atom is 0.271 e. The topological polar surface area (TPSA) is 80.4 Å². The Bertz CT molecular complexity index is 1240. The van der Waals surface area contributed by atoms with Crippen LogP contribution in [0.4, 0.5) is 0 Å². The Balaban J connectivity index is 1.42. The molecule has 0 aliphatic carbocycles. The molecule has 0 radical (unpaired) electrons. The molecule has 176 valence electrons. The van der Waals surface area contributed by atoms with Crippen LogP contribution in [0, 0.1) is 6.92 Å². The minimum absolute atomic E-state index is 0.0393. The summed E-state index contributed by atoms with van der Waals surface area (Å²) in [6.45, 7) is 6.08.